The van der Waals surface area contributed by atoms with Crippen LogP contribution < -0.4 is 5.73 Å². The van der Waals surface area contributed by atoms with Crippen LogP contribution in [-0.4, -0.2) is 26.8 Å². The number of Topliss-reactive ketones (excluding diaryl/α,β-unsaturated/α-hetero) is 1. The Labute approximate surface area is 84.4 Å². The molecule has 0 aliphatic carbocycles. The van der Waals surface area contributed by atoms with Crippen LogP contribution in [0.1, 0.15) is 23.8 Å². The van der Waals surface area contributed by atoms with E-state index in [4.69, 9.17) is 5.73 Å². The highest BCUT2D eigenvalue weighted by atomic mass is 79.9. The molecule has 1 unspecified atom stereocenters. The molecule has 72 valence electrons. The summed E-state index contributed by atoms with van der Waals surface area (Å²) in [6.45, 7) is 1.86. The van der Waals surface area contributed by atoms with Crippen molar-refractivity contribution in [2.45, 2.75) is 19.4 Å². The molecule has 1 rings (SSSR count). The SMILES string of the molecule is CCC(N)C(=O)c1c(Br)nnn1C. The zero-order chi connectivity index (χ0) is 10.0. The molecule has 0 radical (unpaired) electrons. The van der Waals surface area contributed by atoms with Crippen LogP contribution in [-0.2, 0) is 7.05 Å². The average Bonchev–Trinajstić information content (AvgIpc) is 2.44. The Balaban J connectivity index is 3.01. The number of nitrogens with zero attached hydrogens (tertiary/aromatic N) is 3. The van der Waals surface area contributed by atoms with E-state index >= 15 is 0 Å². The average molecular weight is 247 g/mol. The van der Waals surface area contributed by atoms with Gasteiger partial charge in [-0.1, -0.05) is 12.1 Å². The Kier molecular flexibility index (Phi) is 3.16. The molecule has 5 nitrogen and oxygen atoms in total. The summed E-state index contributed by atoms with van der Waals surface area (Å²) in [7, 11) is 1.66. The van der Waals surface area contributed by atoms with E-state index < -0.39 is 6.04 Å². The van der Waals surface area contributed by atoms with Gasteiger partial charge in [-0.05, 0) is 22.4 Å². The van der Waals surface area contributed by atoms with Gasteiger partial charge >= 0.3 is 0 Å². The second kappa shape index (κ2) is 3.97. The monoisotopic (exact) mass is 246 g/mol. The minimum atomic E-state index is -0.478. The molecule has 0 fully saturated rings. The number of rotatable bonds is 3. The van der Waals surface area contributed by atoms with Crippen molar-refractivity contribution in [1.29, 1.82) is 0 Å². The predicted molar refractivity (Wildman–Crippen MR) is 51.3 cm³/mol. The highest BCUT2D eigenvalue weighted by Crippen LogP contribution is 2.13. The lowest BCUT2D eigenvalue weighted by Crippen LogP contribution is -2.31. The molecule has 1 atom stereocenters. The summed E-state index contributed by atoms with van der Waals surface area (Å²) in [6, 6.07) is -0.478. The molecule has 0 bridgehead atoms. The van der Waals surface area contributed by atoms with Crippen LogP contribution in [0.15, 0.2) is 4.60 Å². The Morgan fingerprint density at radius 3 is 2.77 bits per heavy atom. The Hall–Kier alpha value is -0.750. The smallest absolute Gasteiger partial charge is 0.200 e. The van der Waals surface area contributed by atoms with Gasteiger partial charge in [0.25, 0.3) is 0 Å². The van der Waals surface area contributed by atoms with Crippen molar-refractivity contribution >= 4 is 21.7 Å². The molecule has 1 aromatic rings. The standard InChI is InChI=1S/C7H11BrN4O/c1-3-4(9)6(13)5-7(8)10-11-12(5)2/h4H,3,9H2,1-2H3. The molecule has 0 saturated carbocycles. The Bertz CT molecular complexity index is 303. The fraction of sp³-hybridized carbons (Fsp3) is 0.571. The van der Waals surface area contributed by atoms with Crippen molar-refractivity contribution in [1.82, 2.24) is 15.0 Å². The van der Waals surface area contributed by atoms with E-state index in [1.54, 1.807) is 7.05 Å². The molecule has 2 N–H and O–H groups in total. The molecule has 0 saturated heterocycles. The van der Waals surface area contributed by atoms with Gasteiger partial charge in [0.1, 0.15) is 5.69 Å². The van der Waals surface area contributed by atoms with Crippen LogP contribution in [0.25, 0.3) is 0 Å². The number of carbonyl (C=O) groups excluding carboxylic acids is 1. The van der Waals surface area contributed by atoms with Crippen molar-refractivity contribution in [3.63, 3.8) is 0 Å². The molecule has 1 aromatic heterocycles. The zero-order valence-corrected chi connectivity index (χ0v) is 9.08. The number of hydrogen-bond acceptors (Lipinski definition) is 4. The lowest BCUT2D eigenvalue weighted by Gasteiger charge is -2.06. The normalized spacial score (nSPS) is 12.9. The summed E-state index contributed by atoms with van der Waals surface area (Å²) in [6.07, 6.45) is 0.608. The first-order valence-electron chi connectivity index (χ1n) is 3.92. The fourth-order valence-corrected chi connectivity index (χ4v) is 1.48. The van der Waals surface area contributed by atoms with Crippen molar-refractivity contribution in [3.8, 4) is 0 Å². The topological polar surface area (TPSA) is 73.8 Å². The molecule has 0 aliphatic heterocycles. The van der Waals surface area contributed by atoms with Gasteiger partial charge < -0.3 is 5.73 Å². The number of halogens is 1. The maximum Gasteiger partial charge on any atom is 0.200 e. The second-order valence-electron chi connectivity index (χ2n) is 2.73. The summed E-state index contributed by atoms with van der Waals surface area (Å²) >= 11 is 3.14. The van der Waals surface area contributed by atoms with E-state index in [-0.39, 0.29) is 5.78 Å². The van der Waals surface area contributed by atoms with Gasteiger partial charge in [-0.2, -0.15) is 0 Å². The zero-order valence-electron chi connectivity index (χ0n) is 7.49. The van der Waals surface area contributed by atoms with Gasteiger partial charge in [0.15, 0.2) is 10.4 Å². The summed E-state index contributed by atoms with van der Waals surface area (Å²) in [5, 5.41) is 7.40. The first kappa shape index (κ1) is 10.3. The van der Waals surface area contributed by atoms with Crippen LogP contribution in [0.2, 0.25) is 0 Å². The molecular formula is C7H11BrN4O. The number of nitrogens with two attached hydrogens (primary N) is 1. The lowest BCUT2D eigenvalue weighted by atomic mass is 10.1. The molecule has 1 heterocycles. The van der Waals surface area contributed by atoms with Gasteiger partial charge in [-0.25, -0.2) is 4.68 Å². The van der Waals surface area contributed by atoms with Crippen molar-refractivity contribution in [3.05, 3.63) is 10.3 Å². The summed E-state index contributed by atoms with van der Waals surface area (Å²) in [5.41, 5.74) is 6.03. The summed E-state index contributed by atoms with van der Waals surface area (Å²) in [4.78, 5) is 11.6. The number of aromatic nitrogens is 3. The van der Waals surface area contributed by atoms with E-state index in [1.165, 1.54) is 4.68 Å². The largest absolute Gasteiger partial charge is 0.321 e. The highest BCUT2D eigenvalue weighted by molar-refractivity contribution is 9.10. The number of hydrogen-bond donors (Lipinski definition) is 1. The molecular weight excluding hydrogens is 236 g/mol. The van der Waals surface area contributed by atoms with Crippen LogP contribution in [0.3, 0.4) is 0 Å². The molecule has 6 heteroatoms. The van der Waals surface area contributed by atoms with Gasteiger partial charge in [-0.3, -0.25) is 4.79 Å². The van der Waals surface area contributed by atoms with Gasteiger partial charge in [0.05, 0.1) is 6.04 Å². The molecule has 13 heavy (non-hydrogen) atoms. The highest BCUT2D eigenvalue weighted by Gasteiger charge is 2.21. The number of ketones is 1. The third-order valence-corrected chi connectivity index (χ3v) is 2.33. The van der Waals surface area contributed by atoms with Gasteiger partial charge in [0.2, 0.25) is 0 Å². The van der Waals surface area contributed by atoms with E-state index in [0.717, 1.165) is 0 Å². The van der Waals surface area contributed by atoms with Crippen LogP contribution in [0.4, 0.5) is 0 Å². The third-order valence-electron chi connectivity index (χ3n) is 1.80. The molecule has 0 spiro atoms. The quantitative estimate of drug-likeness (QED) is 0.789. The molecule has 0 aliphatic rings. The van der Waals surface area contributed by atoms with E-state index in [1.807, 2.05) is 6.92 Å². The second-order valence-corrected chi connectivity index (χ2v) is 3.48. The predicted octanol–water partition coefficient (Wildman–Crippen LogP) is 0.498. The summed E-state index contributed by atoms with van der Waals surface area (Å²) < 4.78 is 1.87. The Morgan fingerprint density at radius 2 is 2.38 bits per heavy atom. The number of aryl methyl sites for hydroxylation is 1. The third kappa shape index (κ3) is 1.94. The minimum Gasteiger partial charge on any atom is -0.321 e. The van der Waals surface area contributed by atoms with Crippen molar-refractivity contribution < 1.29 is 4.79 Å². The van der Waals surface area contributed by atoms with Crippen molar-refractivity contribution in [2.75, 3.05) is 0 Å². The van der Waals surface area contributed by atoms with Gasteiger partial charge in [-0.15, -0.1) is 5.10 Å². The first-order chi connectivity index (χ1) is 6.07. The minimum absolute atomic E-state index is 0.137. The Morgan fingerprint density at radius 1 is 1.77 bits per heavy atom. The van der Waals surface area contributed by atoms with Crippen LogP contribution >= 0.6 is 15.9 Å². The molecule has 0 aromatic carbocycles. The van der Waals surface area contributed by atoms with Gasteiger partial charge in [0, 0.05) is 7.05 Å². The van der Waals surface area contributed by atoms with Crippen molar-refractivity contribution in [2.24, 2.45) is 12.8 Å². The fourth-order valence-electron chi connectivity index (χ4n) is 0.954. The molecule has 0 amide bonds. The van der Waals surface area contributed by atoms with E-state index in [0.29, 0.717) is 16.7 Å². The lowest BCUT2D eigenvalue weighted by molar-refractivity contribution is 0.0949. The maximum atomic E-state index is 11.6. The summed E-state index contributed by atoms with van der Waals surface area (Å²) in [5.74, 6) is -0.137. The van der Waals surface area contributed by atoms with E-state index in [9.17, 15) is 4.79 Å². The number of carbonyl (C=O) groups is 1. The maximum absolute atomic E-state index is 11.6. The van der Waals surface area contributed by atoms with Crippen LogP contribution in [0.5, 0.6) is 0 Å². The van der Waals surface area contributed by atoms with E-state index in [2.05, 4.69) is 26.2 Å². The first-order valence-corrected chi connectivity index (χ1v) is 4.72. The van der Waals surface area contributed by atoms with Crippen LogP contribution in [0, 0.1) is 0 Å².